The molecule has 0 spiro atoms. The lowest BCUT2D eigenvalue weighted by atomic mass is 10.0. The predicted molar refractivity (Wildman–Crippen MR) is 99.0 cm³/mol. The average Bonchev–Trinajstić information content (AvgIpc) is 2.79. The van der Waals surface area contributed by atoms with E-state index in [4.69, 9.17) is 12.2 Å². The summed E-state index contributed by atoms with van der Waals surface area (Å²) in [7, 11) is 0. The van der Waals surface area contributed by atoms with Gasteiger partial charge < -0.3 is 5.11 Å². The van der Waals surface area contributed by atoms with Crippen molar-refractivity contribution in [2.75, 3.05) is 0 Å². The van der Waals surface area contributed by atoms with Crippen LogP contribution in [-0.2, 0) is 9.59 Å². The van der Waals surface area contributed by atoms with E-state index in [9.17, 15) is 24.8 Å². The van der Waals surface area contributed by atoms with Gasteiger partial charge in [-0.05, 0) is 36.1 Å². The number of carboxylic acid groups (broad SMARTS) is 1. The number of benzene rings is 1. The molecule has 1 aliphatic heterocycles. The summed E-state index contributed by atoms with van der Waals surface area (Å²) in [6.45, 7) is 3.75. The molecule has 25 heavy (non-hydrogen) atoms. The standard InChI is InChI=1S/C16H16N2O5S2/c1-9(2)7-12(15(20)21)17-14(19)13(25-16(17)24)8-10-3-5-11(6-4-10)18(22)23/h3-6,8-9,12H,7H2,1-2H3,(H,20,21). The van der Waals surface area contributed by atoms with Gasteiger partial charge in [0, 0.05) is 12.1 Å². The number of thiocarbonyl (C=S) groups is 1. The molecule has 1 atom stereocenters. The normalized spacial score (nSPS) is 17.4. The molecule has 1 saturated heterocycles. The number of nitro groups is 1. The Balaban J connectivity index is 2.27. The first-order chi connectivity index (χ1) is 11.7. The summed E-state index contributed by atoms with van der Waals surface area (Å²) in [5.41, 5.74) is 0.550. The molecule has 1 N–H and O–H groups in total. The Morgan fingerprint density at radius 1 is 1.40 bits per heavy atom. The summed E-state index contributed by atoms with van der Waals surface area (Å²) in [4.78, 5) is 35.7. The minimum absolute atomic E-state index is 0.0485. The highest BCUT2D eigenvalue weighted by Gasteiger charge is 2.40. The van der Waals surface area contributed by atoms with Crippen molar-refractivity contribution >= 4 is 51.9 Å². The Labute approximate surface area is 153 Å². The fourth-order valence-electron chi connectivity index (χ4n) is 2.36. The van der Waals surface area contributed by atoms with Crippen LogP contribution in [0.4, 0.5) is 5.69 Å². The first-order valence-corrected chi connectivity index (χ1v) is 8.67. The highest BCUT2D eigenvalue weighted by atomic mass is 32.2. The number of hydrogen-bond donors (Lipinski definition) is 1. The van der Waals surface area contributed by atoms with Crippen LogP contribution < -0.4 is 0 Å². The number of hydrogen-bond acceptors (Lipinski definition) is 6. The predicted octanol–water partition coefficient (Wildman–Crippen LogP) is 3.30. The van der Waals surface area contributed by atoms with Gasteiger partial charge in [0.05, 0.1) is 9.83 Å². The third kappa shape index (κ3) is 4.43. The number of aliphatic carboxylic acids is 1. The van der Waals surface area contributed by atoms with Gasteiger partial charge in [-0.2, -0.15) is 0 Å². The molecule has 0 radical (unpaired) electrons. The number of amides is 1. The van der Waals surface area contributed by atoms with Crippen LogP contribution in [-0.4, -0.2) is 37.2 Å². The second-order valence-corrected chi connectivity index (χ2v) is 7.56. The summed E-state index contributed by atoms with van der Waals surface area (Å²) in [5.74, 6) is -1.47. The van der Waals surface area contributed by atoms with Gasteiger partial charge >= 0.3 is 5.97 Å². The lowest BCUT2D eigenvalue weighted by Crippen LogP contribution is -2.44. The topological polar surface area (TPSA) is 101 Å². The molecule has 1 aromatic carbocycles. The van der Waals surface area contributed by atoms with E-state index < -0.39 is 22.8 Å². The Hall–Kier alpha value is -2.26. The fraction of sp³-hybridized carbons (Fsp3) is 0.312. The van der Waals surface area contributed by atoms with Crippen LogP contribution >= 0.6 is 24.0 Å². The van der Waals surface area contributed by atoms with Gasteiger partial charge in [-0.1, -0.05) is 37.8 Å². The third-order valence-corrected chi connectivity index (χ3v) is 4.85. The second kappa shape index (κ2) is 7.75. The molecule has 0 bridgehead atoms. The highest BCUT2D eigenvalue weighted by Crippen LogP contribution is 2.35. The van der Waals surface area contributed by atoms with Crippen LogP contribution in [0, 0.1) is 16.0 Å². The van der Waals surface area contributed by atoms with Crippen molar-refractivity contribution in [3.63, 3.8) is 0 Å². The molecule has 132 valence electrons. The van der Waals surface area contributed by atoms with Crippen LogP contribution in [0.1, 0.15) is 25.8 Å². The molecule has 1 heterocycles. The SMILES string of the molecule is CC(C)CC(C(=O)O)N1C(=O)C(=Cc2ccc([N+](=O)[O-])cc2)SC1=S. The number of carbonyl (C=O) groups is 2. The van der Waals surface area contributed by atoms with E-state index in [0.717, 1.165) is 16.7 Å². The van der Waals surface area contributed by atoms with Gasteiger partial charge in [-0.15, -0.1) is 0 Å². The molecular formula is C16H16N2O5S2. The molecule has 1 amide bonds. The lowest BCUT2D eigenvalue weighted by Gasteiger charge is -2.24. The minimum atomic E-state index is -1.10. The van der Waals surface area contributed by atoms with Crippen molar-refractivity contribution in [3.8, 4) is 0 Å². The molecule has 0 aromatic heterocycles. The number of carboxylic acids is 1. The molecule has 1 fully saturated rings. The first-order valence-electron chi connectivity index (χ1n) is 7.45. The van der Waals surface area contributed by atoms with Crippen molar-refractivity contribution in [3.05, 3.63) is 44.8 Å². The van der Waals surface area contributed by atoms with Crippen LogP contribution in [0.3, 0.4) is 0 Å². The number of carbonyl (C=O) groups excluding carboxylic acids is 1. The summed E-state index contributed by atoms with van der Waals surface area (Å²) in [6.07, 6.45) is 1.85. The van der Waals surface area contributed by atoms with E-state index >= 15 is 0 Å². The van der Waals surface area contributed by atoms with Crippen molar-refractivity contribution in [2.24, 2.45) is 5.92 Å². The Morgan fingerprint density at radius 3 is 2.48 bits per heavy atom. The molecule has 0 saturated carbocycles. The van der Waals surface area contributed by atoms with Gasteiger partial charge in [0.25, 0.3) is 11.6 Å². The van der Waals surface area contributed by atoms with E-state index in [0.29, 0.717) is 16.9 Å². The zero-order valence-electron chi connectivity index (χ0n) is 13.5. The first kappa shape index (κ1) is 19.1. The van der Waals surface area contributed by atoms with Crippen LogP contribution in [0.2, 0.25) is 0 Å². The van der Waals surface area contributed by atoms with Gasteiger partial charge in [0.2, 0.25) is 0 Å². The van der Waals surface area contributed by atoms with Crippen LogP contribution in [0.5, 0.6) is 0 Å². The number of nitrogens with zero attached hydrogens (tertiary/aromatic N) is 2. The zero-order valence-corrected chi connectivity index (χ0v) is 15.2. The largest absolute Gasteiger partial charge is 0.480 e. The maximum absolute atomic E-state index is 12.6. The van der Waals surface area contributed by atoms with E-state index in [2.05, 4.69) is 0 Å². The van der Waals surface area contributed by atoms with E-state index in [-0.39, 0.29) is 15.9 Å². The molecular weight excluding hydrogens is 364 g/mol. The molecule has 1 unspecified atom stereocenters. The second-order valence-electron chi connectivity index (χ2n) is 5.88. The maximum atomic E-state index is 12.6. The van der Waals surface area contributed by atoms with Gasteiger partial charge in [-0.25, -0.2) is 4.79 Å². The summed E-state index contributed by atoms with van der Waals surface area (Å²) < 4.78 is 0.200. The molecule has 0 aliphatic carbocycles. The van der Waals surface area contributed by atoms with Crippen LogP contribution in [0.25, 0.3) is 6.08 Å². The monoisotopic (exact) mass is 380 g/mol. The minimum Gasteiger partial charge on any atom is -0.480 e. The molecule has 1 aliphatic rings. The average molecular weight is 380 g/mol. The molecule has 2 rings (SSSR count). The fourth-order valence-corrected chi connectivity index (χ4v) is 3.71. The summed E-state index contributed by atoms with van der Waals surface area (Å²) in [5, 5.41) is 20.1. The van der Waals surface area contributed by atoms with Gasteiger partial charge in [-0.3, -0.25) is 19.8 Å². The highest BCUT2D eigenvalue weighted by molar-refractivity contribution is 8.26. The third-order valence-electron chi connectivity index (χ3n) is 3.52. The van der Waals surface area contributed by atoms with E-state index in [1.165, 1.54) is 24.3 Å². The maximum Gasteiger partial charge on any atom is 0.326 e. The zero-order chi connectivity index (χ0) is 18.7. The number of nitro benzene ring substituents is 1. The molecule has 9 heteroatoms. The van der Waals surface area contributed by atoms with Crippen molar-refractivity contribution in [1.29, 1.82) is 0 Å². The Morgan fingerprint density at radius 2 is 2.00 bits per heavy atom. The van der Waals surface area contributed by atoms with E-state index in [1.807, 2.05) is 13.8 Å². The smallest absolute Gasteiger partial charge is 0.326 e. The lowest BCUT2D eigenvalue weighted by molar-refractivity contribution is -0.384. The Bertz CT molecular complexity index is 758. The van der Waals surface area contributed by atoms with Crippen LogP contribution in [0.15, 0.2) is 29.2 Å². The van der Waals surface area contributed by atoms with Crippen molar-refractivity contribution < 1.29 is 19.6 Å². The number of non-ortho nitro benzene ring substituents is 1. The Kier molecular flexibility index (Phi) is 5.91. The quantitative estimate of drug-likeness (QED) is 0.350. The molecule has 1 aromatic rings. The number of rotatable bonds is 6. The van der Waals surface area contributed by atoms with Crippen molar-refractivity contribution in [1.82, 2.24) is 4.90 Å². The molecule has 7 nitrogen and oxygen atoms in total. The number of thioether (sulfide) groups is 1. The summed E-state index contributed by atoms with van der Waals surface area (Å²) >= 11 is 6.22. The van der Waals surface area contributed by atoms with Gasteiger partial charge in [0.15, 0.2) is 0 Å². The van der Waals surface area contributed by atoms with Crippen molar-refractivity contribution in [2.45, 2.75) is 26.3 Å². The summed E-state index contributed by atoms with van der Waals surface area (Å²) in [6, 6.07) is 4.72. The van der Waals surface area contributed by atoms with E-state index in [1.54, 1.807) is 6.08 Å². The van der Waals surface area contributed by atoms with Gasteiger partial charge in [0.1, 0.15) is 10.4 Å².